The lowest BCUT2D eigenvalue weighted by Gasteiger charge is -2.11. The Labute approximate surface area is 107 Å². The summed E-state index contributed by atoms with van der Waals surface area (Å²) >= 11 is 0. The molecule has 18 heavy (non-hydrogen) atoms. The molecule has 0 heterocycles. The van der Waals surface area contributed by atoms with Crippen molar-refractivity contribution in [1.29, 1.82) is 0 Å². The van der Waals surface area contributed by atoms with Crippen LogP contribution in [0.15, 0.2) is 54.6 Å². The van der Waals surface area contributed by atoms with E-state index in [4.69, 9.17) is 5.73 Å². The van der Waals surface area contributed by atoms with Crippen molar-refractivity contribution >= 4 is 5.78 Å². The molecule has 0 unspecified atom stereocenters. The van der Waals surface area contributed by atoms with Crippen LogP contribution in [0.1, 0.15) is 22.7 Å². The smallest absolute Gasteiger partial charge is 0.158 e. The Morgan fingerprint density at radius 1 is 1.06 bits per heavy atom. The molecule has 0 bridgehead atoms. The zero-order chi connectivity index (χ0) is 13.0. The summed E-state index contributed by atoms with van der Waals surface area (Å²) < 4.78 is 0. The highest BCUT2D eigenvalue weighted by Crippen LogP contribution is 2.14. The van der Waals surface area contributed by atoms with E-state index in [2.05, 4.69) is 0 Å². The quantitative estimate of drug-likeness (QED) is 0.891. The molecule has 0 aromatic heterocycles. The summed E-state index contributed by atoms with van der Waals surface area (Å²) in [5.74, 6) is 0.0463. The Morgan fingerprint density at radius 2 is 1.67 bits per heavy atom. The molecule has 92 valence electrons. The maximum atomic E-state index is 12.1. The third-order valence-electron chi connectivity index (χ3n) is 3.00. The minimum absolute atomic E-state index is 0.0463. The molecule has 2 nitrogen and oxygen atoms in total. The zero-order valence-corrected chi connectivity index (χ0v) is 10.5. The van der Waals surface area contributed by atoms with Crippen molar-refractivity contribution in [2.24, 2.45) is 5.73 Å². The van der Waals surface area contributed by atoms with Crippen molar-refractivity contribution in [3.8, 4) is 0 Å². The third-order valence-corrected chi connectivity index (χ3v) is 3.00. The molecule has 0 aliphatic heterocycles. The van der Waals surface area contributed by atoms with E-state index in [1.165, 1.54) is 5.56 Å². The molecule has 2 N–H and O–H groups in total. The first kappa shape index (κ1) is 12.5. The van der Waals surface area contributed by atoms with Crippen molar-refractivity contribution in [3.63, 3.8) is 0 Å². The van der Waals surface area contributed by atoms with Gasteiger partial charge in [-0.3, -0.25) is 4.79 Å². The molecule has 0 saturated heterocycles. The minimum atomic E-state index is -0.536. The first-order valence-electron chi connectivity index (χ1n) is 6.05. The van der Waals surface area contributed by atoms with Crippen LogP contribution < -0.4 is 5.73 Å². The number of carbonyl (C=O) groups is 1. The van der Waals surface area contributed by atoms with Crippen molar-refractivity contribution in [1.82, 2.24) is 0 Å². The van der Waals surface area contributed by atoms with E-state index >= 15 is 0 Å². The Bertz CT molecular complexity index is 517. The van der Waals surface area contributed by atoms with Crippen LogP contribution in [0.25, 0.3) is 0 Å². The van der Waals surface area contributed by atoms with Gasteiger partial charge in [-0.2, -0.15) is 0 Å². The maximum Gasteiger partial charge on any atom is 0.158 e. The molecule has 0 aliphatic rings. The Hall–Kier alpha value is -1.93. The van der Waals surface area contributed by atoms with Crippen LogP contribution in [0.4, 0.5) is 0 Å². The molecule has 0 spiro atoms. The fraction of sp³-hybridized carbons (Fsp3) is 0.188. The Kier molecular flexibility index (Phi) is 3.90. The number of nitrogens with two attached hydrogens (primary N) is 1. The van der Waals surface area contributed by atoms with Crippen LogP contribution in [0.2, 0.25) is 0 Å². The van der Waals surface area contributed by atoms with Crippen LogP contribution in [-0.4, -0.2) is 5.78 Å². The first-order chi connectivity index (χ1) is 8.66. The van der Waals surface area contributed by atoms with Gasteiger partial charge in [0.1, 0.15) is 0 Å². The van der Waals surface area contributed by atoms with Crippen molar-refractivity contribution in [2.75, 3.05) is 0 Å². The number of ketones is 1. The highest BCUT2D eigenvalue weighted by atomic mass is 16.1. The summed E-state index contributed by atoms with van der Waals surface area (Å²) in [6.45, 7) is 2.01. The van der Waals surface area contributed by atoms with Crippen LogP contribution in [0.3, 0.4) is 0 Å². The number of rotatable bonds is 4. The van der Waals surface area contributed by atoms with E-state index in [1.54, 1.807) is 0 Å². The highest BCUT2D eigenvalue weighted by molar-refractivity contribution is 5.87. The number of hydrogen-bond donors (Lipinski definition) is 1. The molecule has 0 fully saturated rings. The van der Waals surface area contributed by atoms with Gasteiger partial charge in [0.25, 0.3) is 0 Å². The number of hydrogen-bond acceptors (Lipinski definition) is 2. The number of carbonyl (C=O) groups excluding carboxylic acids is 1. The minimum Gasteiger partial charge on any atom is -0.318 e. The molecular weight excluding hydrogens is 222 g/mol. The van der Waals surface area contributed by atoms with Crippen molar-refractivity contribution < 1.29 is 4.79 Å². The second-order valence-electron chi connectivity index (χ2n) is 4.52. The number of aryl methyl sites for hydroxylation is 1. The second kappa shape index (κ2) is 5.61. The summed E-state index contributed by atoms with van der Waals surface area (Å²) in [6, 6.07) is 16.9. The third kappa shape index (κ3) is 3.05. The Balaban J connectivity index is 2.07. The predicted molar refractivity (Wildman–Crippen MR) is 73.3 cm³/mol. The van der Waals surface area contributed by atoms with Crippen LogP contribution in [0.5, 0.6) is 0 Å². The summed E-state index contributed by atoms with van der Waals surface area (Å²) in [5, 5.41) is 0. The van der Waals surface area contributed by atoms with Crippen LogP contribution in [0, 0.1) is 6.92 Å². The van der Waals surface area contributed by atoms with Gasteiger partial charge < -0.3 is 5.73 Å². The van der Waals surface area contributed by atoms with E-state index in [0.29, 0.717) is 6.42 Å². The van der Waals surface area contributed by atoms with Gasteiger partial charge in [-0.15, -0.1) is 0 Å². The monoisotopic (exact) mass is 239 g/mol. The van der Waals surface area contributed by atoms with Crippen LogP contribution >= 0.6 is 0 Å². The first-order valence-corrected chi connectivity index (χ1v) is 6.05. The standard InChI is InChI=1S/C16H17NO/c1-12-7-9-14(10-8-12)16(17)15(18)11-13-5-3-2-4-6-13/h2-10,16H,11,17H2,1H3/t16-/m1/s1. The molecule has 2 heteroatoms. The summed E-state index contributed by atoms with van der Waals surface area (Å²) in [6.07, 6.45) is 0.385. The molecule has 2 aromatic rings. The van der Waals surface area contributed by atoms with Gasteiger partial charge >= 0.3 is 0 Å². The van der Waals surface area contributed by atoms with E-state index in [0.717, 1.165) is 11.1 Å². The van der Waals surface area contributed by atoms with Gasteiger partial charge in [-0.25, -0.2) is 0 Å². The predicted octanol–water partition coefficient (Wildman–Crippen LogP) is 2.81. The fourth-order valence-electron chi connectivity index (χ4n) is 1.87. The highest BCUT2D eigenvalue weighted by Gasteiger charge is 2.15. The molecule has 1 atom stereocenters. The molecule has 2 aromatic carbocycles. The number of Topliss-reactive ketones (excluding diaryl/α,β-unsaturated/α-hetero) is 1. The molecule has 2 rings (SSSR count). The molecule has 0 amide bonds. The van der Waals surface area contributed by atoms with Gasteiger partial charge in [0.2, 0.25) is 0 Å². The maximum absolute atomic E-state index is 12.1. The van der Waals surface area contributed by atoms with E-state index in [-0.39, 0.29) is 5.78 Å². The SMILES string of the molecule is Cc1ccc([C@@H](N)C(=O)Cc2ccccc2)cc1. The largest absolute Gasteiger partial charge is 0.318 e. The number of benzene rings is 2. The van der Waals surface area contributed by atoms with E-state index in [1.807, 2.05) is 61.5 Å². The molecule has 0 aliphatic carbocycles. The van der Waals surface area contributed by atoms with Gasteiger partial charge in [-0.1, -0.05) is 60.2 Å². The summed E-state index contributed by atoms with van der Waals surface area (Å²) in [4.78, 5) is 12.1. The lowest BCUT2D eigenvalue weighted by atomic mass is 9.98. The van der Waals surface area contributed by atoms with E-state index < -0.39 is 6.04 Å². The topological polar surface area (TPSA) is 43.1 Å². The molecule has 0 saturated carbocycles. The van der Waals surface area contributed by atoms with Gasteiger partial charge in [-0.05, 0) is 18.1 Å². The normalized spacial score (nSPS) is 12.1. The van der Waals surface area contributed by atoms with Crippen molar-refractivity contribution in [2.45, 2.75) is 19.4 Å². The lowest BCUT2D eigenvalue weighted by molar-refractivity contribution is -0.119. The molecule has 0 radical (unpaired) electrons. The zero-order valence-electron chi connectivity index (χ0n) is 10.5. The Morgan fingerprint density at radius 3 is 2.28 bits per heavy atom. The average Bonchev–Trinajstić information content (AvgIpc) is 2.40. The van der Waals surface area contributed by atoms with Gasteiger partial charge in [0, 0.05) is 6.42 Å². The van der Waals surface area contributed by atoms with Crippen molar-refractivity contribution in [3.05, 3.63) is 71.3 Å². The molecular formula is C16H17NO. The van der Waals surface area contributed by atoms with Gasteiger partial charge in [0.05, 0.1) is 6.04 Å². The summed E-state index contributed by atoms with van der Waals surface area (Å²) in [5.41, 5.74) is 9.04. The lowest BCUT2D eigenvalue weighted by Crippen LogP contribution is -2.23. The average molecular weight is 239 g/mol. The fourth-order valence-corrected chi connectivity index (χ4v) is 1.87. The van der Waals surface area contributed by atoms with E-state index in [9.17, 15) is 4.79 Å². The second-order valence-corrected chi connectivity index (χ2v) is 4.52. The summed E-state index contributed by atoms with van der Waals surface area (Å²) in [7, 11) is 0. The van der Waals surface area contributed by atoms with Gasteiger partial charge in [0.15, 0.2) is 5.78 Å². The van der Waals surface area contributed by atoms with Crippen LogP contribution in [-0.2, 0) is 11.2 Å².